The summed E-state index contributed by atoms with van der Waals surface area (Å²) in [6, 6.07) is 3.75. The molecule has 0 unspecified atom stereocenters. The minimum absolute atomic E-state index is 0.177. The summed E-state index contributed by atoms with van der Waals surface area (Å²) >= 11 is 6.27. The number of nitrogens with one attached hydrogen (secondary N) is 1. The highest BCUT2D eigenvalue weighted by Gasteiger charge is 2.13. The second kappa shape index (κ2) is 7.24. The van der Waals surface area contributed by atoms with Crippen LogP contribution in [0.1, 0.15) is 18.3 Å². The molecule has 2 aromatic rings. The Hall–Kier alpha value is -1.86. The van der Waals surface area contributed by atoms with E-state index in [1.54, 1.807) is 14.2 Å². The summed E-state index contributed by atoms with van der Waals surface area (Å²) in [7, 11) is 3.27. The number of halogens is 1. The Morgan fingerprint density at radius 2 is 2.19 bits per heavy atom. The van der Waals surface area contributed by atoms with Crippen molar-refractivity contribution in [3.63, 3.8) is 0 Å². The van der Waals surface area contributed by atoms with Crippen molar-refractivity contribution < 1.29 is 9.47 Å². The van der Waals surface area contributed by atoms with Gasteiger partial charge in [-0.15, -0.1) is 10.2 Å². The first-order valence-corrected chi connectivity index (χ1v) is 6.94. The molecule has 0 spiro atoms. The van der Waals surface area contributed by atoms with Crippen LogP contribution in [0.2, 0.25) is 5.02 Å². The van der Waals surface area contributed by atoms with Gasteiger partial charge in [-0.2, -0.15) is 4.80 Å². The van der Waals surface area contributed by atoms with Gasteiger partial charge in [0, 0.05) is 6.54 Å². The molecular formula is C13H18ClN5O2. The van der Waals surface area contributed by atoms with Crippen LogP contribution in [0.3, 0.4) is 0 Å². The predicted octanol–water partition coefficient (Wildman–Crippen LogP) is 1.56. The van der Waals surface area contributed by atoms with E-state index in [2.05, 4.69) is 20.7 Å². The minimum atomic E-state index is 0.177. The van der Waals surface area contributed by atoms with E-state index in [1.807, 2.05) is 19.1 Å². The number of aryl methyl sites for hydroxylation is 1. The largest absolute Gasteiger partial charge is 0.493 e. The molecule has 0 bridgehead atoms. The molecule has 0 aliphatic heterocycles. The molecule has 1 aromatic heterocycles. The minimum Gasteiger partial charge on any atom is -0.493 e. The van der Waals surface area contributed by atoms with Crippen molar-refractivity contribution >= 4 is 11.6 Å². The first-order valence-electron chi connectivity index (χ1n) is 6.56. The van der Waals surface area contributed by atoms with Crippen LogP contribution < -0.4 is 14.8 Å². The van der Waals surface area contributed by atoms with E-state index in [0.29, 0.717) is 22.3 Å². The second-order valence-corrected chi connectivity index (χ2v) is 4.78. The van der Waals surface area contributed by atoms with Crippen molar-refractivity contribution in [3.05, 3.63) is 28.5 Å². The number of hydrogen-bond acceptors (Lipinski definition) is 6. The smallest absolute Gasteiger partial charge is 0.212 e. The van der Waals surface area contributed by atoms with E-state index >= 15 is 0 Å². The maximum Gasteiger partial charge on any atom is 0.212 e. The lowest BCUT2D eigenvalue weighted by Gasteiger charge is -2.13. The summed E-state index contributed by atoms with van der Waals surface area (Å²) < 4.78 is 11.0. The zero-order chi connectivity index (χ0) is 15.2. The number of hydrogen-bond donors (Lipinski definition) is 1. The van der Waals surface area contributed by atoms with E-state index in [9.17, 15) is 0 Å². The third kappa shape index (κ3) is 4.05. The van der Waals surface area contributed by atoms with Gasteiger partial charge in [0.2, 0.25) is 5.82 Å². The highest BCUT2D eigenvalue weighted by Crippen LogP contribution is 2.36. The zero-order valence-electron chi connectivity index (χ0n) is 12.3. The summed E-state index contributed by atoms with van der Waals surface area (Å²) in [4.78, 5) is 1.37. The Morgan fingerprint density at radius 3 is 2.81 bits per heavy atom. The number of nitrogens with zero attached hydrogens (tertiary/aromatic N) is 4. The normalized spacial score (nSPS) is 10.7. The van der Waals surface area contributed by atoms with Gasteiger partial charge in [0.05, 0.1) is 19.2 Å². The summed E-state index contributed by atoms with van der Waals surface area (Å²) in [5.74, 6) is 1.54. The molecule has 21 heavy (non-hydrogen) atoms. The Labute approximate surface area is 128 Å². The molecular weight excluding hydrogens is 294 g/mol. The second-order valence-electron chi connectivity index (χ2n) is 4.37. The summed E-state index contributed by atoms with van der Waals surface area (Å²) in [5, 5.41) is 15.4. The van der Waals surface area contributed by atoms with Crippen molar-refractivity contribution in [3.8, 4) is 11.5 Å². The van der Waals surface area contributed by atoms with Crippen LogP contribution in [0.5, 0.6) is 11.5 Å². The Bertz CT molecular complexity index is 602. The highest BCUT2D eigenvalue weighted by molar-refractivity contribution is 6.32. The average molecular weight is 312 g/mol. The SMILES string of the molecule is CCNCc1cc(Cl)c(OCc2nnn(C)n2)c(OC)c1. The van der Waals surface area contributed by atoms with Gasteiger partial charge in [-0.05, 0) is 29.5 Å². The lowest BCUT2D eigenvalue weighted by atomic mass is 10.2. The van der Waals surface area contributed by atoms with Crippen LogP contribution in [0.25, 0.3) is 0 Å². The molecule has 8 heteroatoms. The lowest BCUT2D eigenvalue weighted by molar-refractivity contribution is 0.276. The molecule has 7 nitrogen and oxygen atoms in total. The monoisotopic (exact) mass is 311 g/mol. The fourth-order valence-electron chi connectivity index (χ4n) is 1.80. The summed E-state index contributed by atoms with van der Waals surface area (Å²) in [6.07, 6.45) is 0. The summed E-state index contributed by atoms with van der Waals surface area (Å²) in [5.41, 5.74) is 1.03. The van der Waals surface area contributed by atoms with Gasteiger partial charge in [0.1, 0.15) is 0 Å². The number of methoxy groups -OCH3 is 1. The van der Waals surface area contributed by atoms with Crippen molar-refractivity contribution in [1.29, 1.82) is 0 Å². The van der Waals surface area contributed by atoms with Crippen LogP contribution in [-0.4, -0.2) is 33.9 Å². The molecule has 0 radical (unpaired) electrons. The van der Waals surface area contributed by atoms with E-state index in [-0.39, 0.29) is 6.61 Å². The van der Waals surface area contributed by atoms with Crippen LogP contribution in [0.4, 0.5) is 0 Å². The van der Waals surface area contributed by atoms with Crippen molar-refractivity contribution in [1.82, 2.24) is 25.5 Å². The first-order chi connectivity index (χ1) is 10.1. The first kappa shape index (κ1) is 15.5. The zero-order valence-corrected chi connectivity index (χ0v) is 13.0. The van der Waals surface area contributed by atoms with Crippen LogP contribution in [0.15, 0.2) is 12.1 Å². The van der Waals surface area contributed by atoms with E-state index in [1.165, 1.54) is 4.80 Å². The van der Waals surface area contributed by atoms with Crippen molar-refractivity contribution in [2.75, 3.05) is 13.7 Å². The molecule has 0 amide bonds. The van der Waals surface area contributed by atoms with Gasteiger partial charge in [0.25, 0.3) is 0 Å². The molecule has 1 aromatic carbocycles. The average Bonchev–Trinajstić information content (AvgIpc) is 2.89. The maximum absolute atomic E-state index is 6.27. The topological polar surface area (TPSA) is 74.1 Å². The van der Waals surface area contributed by atoms with Crippen LogP contribution >= 0.6 is 11.6 Å². The molecule has 0 saturated carbocycles. The Morgan fingerprint density at radius 1 is 1.38 bits per heavy atom. The van der Waals surface area contributed by atoms with E-state index in [4.69, 9.17) is 21.1 Å². The molecule has 0 fully saturated rings. The van der Waals surface area contributed by atoms with Gasteiger partial charge in [0.15, 0.2) is 18.1 Å². The number of aromatic nitrogens is 4. The fraction of sp³-hybridized carbons (Fsp3) is 0.462. The molecule has 0 atom stereocenters. The van der Waals surface area contributed by atoms with Gasteiger partial charge < -0.3 is 14.8 Å². The van der Waals surface area contributed by atoms with Gasteiger partial charge in [-0.25, -0.2) is 0 Å². The van der Waals surface area contributed by atoms with Crippen molar-refractivity contribution in [2.45, 2.75) is 20.1 Å². The molecule has 114 valence electrons. The van der Waals surface area contributed by atoms with Gasteiger partial charge in [-0.1, -0.05) is 18.5 Å². The molecule has 0 aliphatic rings. The Balaban J connectivity index is 2.14. The molecule has 1 heterocycles. The van der Waals surface area contributed by atoms with Crippen molar-refractivity contribution in [2.24, 2.45) is 7.05 Å². The third-order valence-corrected chi connectivity index (χ3v) is 3.04. The number of ether oxygens (including phenoxy) is 2. The number of rotatable bonds is 7. The standard InChI is InChI=1S/C13H18ClN5O2/c1-4-15-7-9-5-10(14)13(11(6-9)20-3)21-8-12-16-18-19(2)17-12/h5-6,15H,4,7-8H2,1-3H3. The van der Waals surface area contributed by atoms with Gasteiger partial charge in [-0.3, -0.25) is 0 Å². The third-order valence-electron chi connectivity index (χ3n) is 2.76. The highest BCUT2D eigenvalue weighted by atomic mass is 35.5. The lowest BCUT2D eigenvalue weighted by Crippen LogP contribution is -2.12. The quantitative estimate of drug-likeness (QED) is 0.836. The fourth-order valence-corrected chi connectivity index (χ4v) is 2.09. The van der Waals surface area contributed by atoms with E-state index < -0.39 is 0 Å². The van der Waals surface area contributed by atoms with Crippen LogP contribution in [-0.2, 0) is 20.2 Å². The summed E-state index contributed by atoms with van der Waals surface area (Å²) in [6.45, 7) is 3.83. The van der Waals surface area contributed by atoms with Gasteiger partial charge >= 0.3 is 0 Å². The Kier molecular flexibility index (Phi) is 5.35. The maximum atomic E-state index is 6.27. The van der Waals surface area contributed by atoms with E-state index in [0.717, 1.165) is 18.7 Å². The van der Waals surface area contributed by atoms with Crippen LogP contribution in [0, 0.1) is 0 Å². The number of benzene rings is 1. The molecule has 1 N–H and O–H groups in total. The predicted molar refractivity (Wildman–Crippen MR) is 78.5 cm³/mol. The molecule has 0 saturated heterocycles. The number of tetrazole rings is 1. The molecule has 2 rings (SSSR count). The molecule has 0 aliphatic carbocycles.